The SMILES string of the molecule is CCCCC(CC)COC1CC(C2CC3=C(C4C=CC(C5C=CC=CC5)=CC4O3)C3C=CC=CC32)=NC(C2C=CC=CC2O)=N1. The van der Waals surface area contributed by atoms with Crippen molar-refractivity contribution in [2.24, 2.45) is 51.4 Å². The van der Waals surface area contributed by atoms with Gasteiger partial charge < -0.3 is 14.6 Å². The van der Waals surface area contributed by atoms with Gasteiger partial charge in [0.15, 0.2) is 6.23 Å². The quantitative estimate of drug-likeness (QED) is 0.274. The predicted molar refractivity (Wildman–Crippen MR) is 183 cm³/mol. The molecule has 7 aliphatic rings. The first kappa shape index (κ1) is 30.4. The number of unbranched alkanes of at least 4 members (excludes halogenated alkanes) is 1. The van der Waals surface area contributed by atoms with Crippen LogP contribution < -0.4 is 0 Å². The zero-order valence-electron chi connectivity index (χ0n) is 26.7. The topological polar surface area (TPSA) is 63.4 Å². The van der Waals surface area contributed by atoms with E-state index >= 15 is 0 Å². The number of aliphatic hydroxyl groups excluding tert-OH is 1. The predicted octanol–water partition coefficient (Wildman–Crippen LogP) is 8.17. The highest BCUT2D eigenvalue weighted by atomic mass is 16.5. The van der Waals surface area contributed by atoms with Gasteiger partial charge in [0.25, 0.3) is 0 Å². The summed E-state index contributed by atoms with van der Waals surface area (Å²) in [6, 6.07) is 0. The second kappa shape index (κ2) is 13.6. The van der Waals surface area contributed by atoms with Gasteiger partial charge in [-0.2, -0.15) is 0 Å². The van der Waals surface area contributed by atoms with Crippen molar-refractivity contribution in [3.05, 3.63) is 108 Å². The minimum Gasteiger partial charge on any atom is -0.490 e. The summed E-state index contributed by atoms with van der Waals surface area (Å²) >= 11 is 0. The van der Waals surface area contributed by atoms with E-state index in [9.17, 15) is 5.11 Å². The molecule has 7 rings (SSSR count). The molecule has 0 bridgehead atoms. The van der Waals surface area contributed by atoms with Crippen molar-refractivity contribution in [1.82, 2.24) is 0 Å². The van der Waals surface area contributed by atoms with Crippen LogP contribution in [0.1, 0.15) is 58.8 Å². The third-order valence-corrected chi connectivity index (χ3v) is 10.8. The zero-order chi connectivity index (χ0) is 30.8. The molecule has 5 nitrogen and oxygen atoms in total. The van der Waals surface area contributed by atoms with Gasteiger partial charge in [-0.25, -0.2) is 9.98 Å². The van der Waals surface area contributed by atoms with Gasteiger partial charge in [-0.1, -0.05) is 118 Å². The minimum atomic E-state index is -0.639. The lowest BCUT2D eigenvalue weighted by atomic mass is 9.64. The van der Waals surface area contributed by atoms with Crippen LogP contribution in [0.3, 0.4) is 0 Å². The van der Waals surface area contributed by atoms with E-state index in [1.807, 2.05) is 24.3 Å². The molecule has 10 unspecified atom stereocenters. The molecule has 2 heterocycles. The summed E-state index contributed by atoms with van der Waals surface area (Å²) in [6.07, 6.45) is 39.3. The Balaban J connectivity index is 1.16. The fourth-order valence-electron chi connectivity index (χ4n) is 8.19. The van der Waals surface area contributed by atoms with E-state index in [0.29, 0.717) is 36.6 Å². The molecule has 1 N–H and O–H groups in total. The van der Waals surface area contributed by atoms with Gasteiger partial charge in [0, 0.05) is 42.2 Å². The maximum atomic E-state index is 10.9. The number of aliphatic imine (C=N–C) groups is 2. The van der Waals surface area contributed by atoms with Crippen LogP contribution in [-0.2, 0) is 9.47 Å². The Bertz CT molecular complexity index is 1470. The van der Waals surface area contributed by atoms with E-state index in [2.05, 4.69) is 80.7 Å². The van der Waals surface area contributed by atoms with Crippen molar-refractivity contribution in [2.45, 2.75) is 77.2 Å². The number of hydrogen-bond donors (Lipinski definition) is 1. The van der Waals surface area contributed by atoms with Crippen LogP contribution in [0.25, 0.3) is 0 Å². The molecule has 0 radical (unpaired) electrons. The van der Waals surface area contributed by atoms with Gasteiger partial charge >= 0.3 is 0 Å². The number of allylic oxidation sites excluding steroid dienone is 13. The summed E-state index contributed by atoms with van der Waals surface area (Å²) in [5.41, 5.74) is 3.94. The van der Waals surface area contributed by atoms with Gasteiger partial charge in [-0.05, 0) is 41.9 Å². The van der Waals surface area contributed by atoms with Crippen molar-refractivity contribution < 1.29 is 14.6 Å². The maximum absolute atomic E-state index is 10.9. The molecule has 5 heteroatoms. The van der Waals surface area contributed by atoms with Gasteiger partial charge in [-0.3, -0.25) is 0 Å². The second-order valence-electron chi connectivity index (χ2n) is 13.6. The molecule has 0 aromatic heterocycles. The molecule has 0 spiro atoms. The maximum Gasteiger partial charge on any atom is 0.155 e. The fraction of sp³-hybridized carbons (Fsp3) is 0.500. The molecular weight excluding hydrogens is 556 g/mol. The molecular formula is C40H48N2O3. The monoisotopic (exact) mass is 604 g/mol. The van der Waals surface area contributed by atoms with Crippen LogP contribution >= 0.6 is 0 Å². The summed E-state index contributed by atoms with van der Waals surface area (Å²) in [5, 5.41) is 10.9. The Morgan fingerprint density at radius 1 is 0.933 bits per heavy atom. The average Bonchev–Trinajstić information content (AvgIpc) is 3.46. The van der Waals surface area contributed by atoms with Crippen LogP contribution in [-0.4, -0.2) is 41.7 Å². The minimum absolute atomic E-state index is 0.0536. The molecule has 45 heavy (non-hydrogen) atoms. The summed E-state index contributed by atoms with van der Waals surface area (Å²) < 4.78 is 13.4. The van der Waals surface area contributed by atoms with E-state index in [1.54, 1.807) is 0 Å². The highest BCUT2D eigenvalue weighted by molar-refractivity contribution is 6.03. The third kappa shape index (κ3) is 6.26. The number of hydrogen-bond acceptors (Lipinski definition) is 5. The molecule has 0 saturated carbocycles. The van der Waals surface area contributed by atoms with E-state index in [-0.39, 0.29) is 36.0 Å². The standard InChI is InChI=1S/C40H48N2O3/c1-3-5-13-26(4-2)25-44-38-24-34(41-40(42-38)31-18-11-12-19-35(31)43)33-23-37-39(30-17-10-9-16-29(30)33)32-21-20-28(22-36(32)45-37)27-14-7-6-8-15-27/h6-12,14,16-22,26-27,29-33,35-36,38,43H,3-5,13,15,23-25H2,1-2H3. The van der Waals surface area contributed by atoms with Crippen LogP contribution in [0.15, 0.2) is 118 Å². The Labute approximate surface area is 269 Å². The first-order valence-electron chi connectivity index (χ1n) is 17.4. The van der Waals surface area contributed by atoms with Crippen molar-refractivity contribution in [1.29, 1.82) is 0 Å². The fourth-order valence-corrected chi connectivity index (χ4v) is 8.19. The zero-order valence-corrected chi connectivity index (χ0v) is 26.7. The highest BCUT2D eigenvalue weighted by Crippen LogP contribution is 2.52. The summed E-state index contributed by atoms with van der Waals surface area (Å²) in [5.74, 6) is 3.58. The van der Waals surface area contributed by atoms with E-state index in [0.717, 1.165) is 30.7 Å². The first-order valence-corrected chi connectivity index (χ1v) is 17.4. The van der Waals surface area contributed by atoms with Crippen LogP contribution in [0.4, 0.5) is 0 Å². The number of rotatable bonds is 10. The number of aliphatic hydroxyl groups is 1. The molecule has 0 fully saturated rings. The average molecular weight is 605 g/mol. The van der Waals surface area contributed by atoms with Crippen LogP contribution in [0.5, 0.6) is 0 Å². The lowest BCUT2D eigenvalue weighted by Gasteiger charge is -2.40. The molecule has 2 aliphatic heterocycles. The van der Waals surface area contributed by atoms with Gasteiger partial charge in [-0.15, -0.1) is 0 Å². The summed E-state index contributed by atoms with van der Waals surface area (Å²) in [4.78, 5) is 10.3. The molecule has 236 valence electrons. The van der Waals surface area contributed by atoms with Crippen molar-refractivity contribution in [3.8, 4) is 0 Å². The Kier molecular flexibility index (Phi) is 9.18. The number of nitrogens with zero attached hydrogens (tertiary/aromatic N) is 2. The Morgan fingerprint density at radius 2 is 1.76 bits per heavy atom. The van der Waals surface area contributed by atoms with Crippen LogP contribution in [0.2, 0.25) is 0 Å². The number of amidine groups is 1. The third-order valence-electron chi connectivity index (χ3n) is 10.8. The molecule has 0 amide bonds. The normalized spacial score (nSPS) is 36.6. The molecule has 10 atom stereocenters. The van der Waals surface area contributed by atoms with Crippen LogP contribution in [0, 0.1) is 41.4 Å². The van der Waals surface area contributed by atoms with Gasteiger partial charge in [0.1, 0.15) is 11.9 Å². The van der Waals surface area contributed by atoms with E-state index < -0.39 is 6.10 Å². The highest BCUT2D eigenvalue weighted by Gasteiger charge is 2.48. The lowest BCUT2D eigenvalue weighted by molar-refractivity contribution is 0.0330. The smallest absolute Gasteiger partial charge is 0.155 e. The lowest BCUT2D eigenvalue weighted by Crippen LogP contribution is -2.39. The molecule has 0 saturated heterocycles. The van der Waals surface area contributed by atoms with E-state index in [1.165, 1.54) is 30.4 Å². The Morgan fingerprint density at radius 3 is 2.56 bits per heavy atom. The van der Waals surface area contributed by atoms with Crippen molar-refractivity contribution in [3.63, 3.8) is 0 Å². The second-order valence-corrected chi connectivity index (χ2v) is 13.6. The molecule has 0 aromatic carbocycles. The first-order chi connectivity index (χ1) is 22.1. The van der Waals surface area contributed by atoms with Gasteiger partial charge in [0.05, 0.1) is 24.4 Å². The van der Waals surface area contributed by atoms with Crippen molar-refractivity contribution >= 4 is 11.5 Å². The van der Waals surface area contributed by atoms with E-state index in [4.69, 9.17) is 19.5 Å². The van der Waals surface area contributed by atoms with Crippen molar-refractivity contribution in [2.75, 3.05) is 6.61 Å². The summed E-state index contributed by atoms with van der Waals surface area (Å²) in [6.45, 7) is 5.22. The van der Waals surface area contributed by atoms with Gasteiger partial charge in [0.2, 0.25) is 0 Å². The molecule has 0 aromatic rings. The number of fused-ring (bicyclic) bond motifs is 4. The summed E-state index contributed by atoms with van der Waals surface area (Å²) in [7, 11) is 0. The molecule has 5 aliphatic carbocycles. The Hall–Kier alpha value is -3.28. The number of ether oxygens (including phenoxy) is 2. The largest absolute Gasteiger partial charge is 0.490 e.